The Morgan fingerprint density at radius 2 is 1.95 bits per heavy atom. The molecule has 3 rings (SSSR count). The summed E-state index contributed by atoms with van der Waals surface area (Å²) in [7, 11) is 1.70. The molecular weight excluding hydrogens is 276 g/mol. The van der Waals surface area contributed by atoms with Gasteiger partial charge in [-0.15, -0.1) is 0 Å². The van der Waals surface area contributed by atoms with Gasteiger partial charge in [0.2, 0.25) is 5.95 Å². The number of benzene rings is 1. The number of aromatic nitrogens is 2. The lowest BCUT2D eigenvalue weighted by molar-refractivity contribution is 0.410. The zero-order valence-electron chi connectivity index (χ0n) is 13.0. The monoisotopic (exact) mass is 298 g/mol. The van der Waals surface area contributed by atoms with Crippen LogP contribution in [-0.4, -0.2) is 43.3 Å². The van der Waals surface area contributed by atoms with Crippen molar-refractivity contribution in [2.75, 3.05) is 38.2 Å². The van der Waals surface area contributed by atoms with Crippen LogP contribution < -0.4 is 15.0 Å². The van der Waals surface area contributed by atoms with Crippen molar-refractivity contribution < 1.29 is 4.74 Å². The average molecular weight is 298 g/mol. The van der Waals surface area contributed by atoms with Crippen molar-refractivity contribution in [3.8, 4) is 5.75 Å². The Morgan fingerprint density at radius 3 is 2.77 bits per heavy atom. The number of hydrogen-bond donors (Lipinski definition) is 1. The van der Waals surface area contributed by atoms with Crippen molar-refractivity contribution in [3.05, 3.63) is 47.8 Å². The Labute approximate surface area is 131 Å². The van der Waals surface area contributed by atoms with Gasteiger partial charge in [0, 0.05) is 38.4 Å². The van der Waals surface area contributed by atoms with Gasteiger partial charge >= 0.3 is 0 Å². The third-order valence-corrected chi connectivity index (χ3v) is 3.90. The maximum absolute atomic E-state index is 5.39. The summed E-state index contributed by atoms with van der Waals surface area (Å²) < 4.78 is 5.39. The van der Waals surface area contributed by atoms with Crippen molar-refractivity contribution in [2.24, 2.45) is 0 Å². The van der Waals surface area contributed by atoms with Crippen LogP contribution in [-0.2, 0) is 6.42 Å². The molecule has 0 unspecified atom stereocenters. The number of para-hydroxylation sites is 1. The van der Waals surface area contributed by atoms with Crippen LogP contribution in [0, 0.1) is 0 Å². The molecule has 1 N–H and O–H groups in total. The van der Waals surface area contributed by atoms with Crippen molar-refractivity contribution in [2.45, 2.75) is 12.8 Å². The number of anilines is 1. The fourth-order valence-electron chi connectivity index (χ4n) is 2.72. The predicted octanol–water partition coefficient (Wildman–Crippen LogP) is 1.88. The zero-order valence-corrected chi connectivity index (χ0v) is 13.0. The summed E-state index contributed by atoms with van der Waals surface area (Å²) in [6.45, 7) is 4.04. The van der Waals surface area contributed by atoms with Crippen LogP contribution >= 0.6 is 0 Å². The van der Waals surface area contributed by atoms with E-state index in [9.17, 15) is 0 Å². The first-order valence-electron chi connectivity index (χ1n) is 7.75. The van der Waals surface area contributed by atoms with Crippen molar-refractivity contribution >= 4 is 5.95 Å². The number of rotatable bonds is 4. The summed E-state index contributed by atoms with van der Waals surface area (Å²) in [6.07, 6.45) is 5.76. The number of ether oxygens (including phenoxy) is 1. The zero-order chi connectivity index (χ0) is 15.2. The Hall–Kier alpha value is -2.14. The van der Waals surface area contributed by atoms with Crippen LogP contribution in [0.15, 0.2) is 36.7 Å². The van der Waals surface area contributed by atoms with E-state index < -0.39 is 0 Å². The molecule has 1 fully saturated rings. The molecule has 0 bridgehead atoms. The van der Waals surface area contributed by atoms with Crippen LogP contribution in [0.2, 0.25) is 0 Å². The number of hydrogen-bond acceptors (Lipinski definition) is 5. The highest BCUT2D eigenvalue weighted by Gasteiger charge is 2.12. The van der Waals surface area contributed by atoms with E-state index in [1.165, 1.54) is 0 Å². The molecule has 0 radical (unpaired) electrons. The minimum Gasteiger partial charge on any atom is -0.496 e. The Kier molecular flexibility index (Phi) is 4.85. The van der Waals surface area contributed by atoms with Crippen LogP contribution in [0.5, 0.6) is 5.75 Å². The second kappa shape index (κ2) is 7.22. The Morgan fingerprint density at radius 1 is 1.14 bits per heavy atom. The van der Waals surface area contributed by atoms with Crippen LogP contribution in [0.25, 0.3) is 0 Å². The molecule has 1 aliphatic rings. The maximum Gasteiger partial charge on any atom is 0.225 e. The molecule has 5 heteroatoms. The molecule has 116 valence electrons. The van der Waals surface area contributed by atoms with Crippen molar-refractivity contribution in [1.82, 2.24) is 15.3 Å². The van der Waals surface area contributed by atoms with Crippen LogP contribution in [0.1, 0.15) is 17.5 Å². The first kappa shape index (κ1) is 14.8. The summed E-state index contributed by atoms with van der Waals surface area (Å²) in [5, 5.41) is 3.39. The van der Waals surface area contributed by atoms with Crippen molar-refractivity contribution in [1.29, 1.82) is 0 Å². The van der Waals surface area contributed by atoms with Gasteiger partial charge in [0.15, 0.2) is 0 Å². The van der Waals surface area contributed by atoms with Crippen LogP contribution in [0.3, 0.4) is 0 Å². The standard InChI is InChI=1S/C17H22N4O/c1-22-16-6-3-2-5-15(16)11-14-12-19-17(20-13-14)21-9-4-7-18-8-10-21/h2-3,5-6,12-13,18H,4,7-11H2,1H3. The first-order chi connectivity index (χ1) is 10.9. The van der Waals surface area contributed by atoms with Gasteiger partial charge in [-0.05, 0) is 30.2 Å². The SMILES string of the molecule is COc1ccccc1Cc1cnc(N2CCCNCC2)nc1. The Balaban J connectivity index is 1.71. The predicted molar refractivity (Wildman–Crippen MR) is 87.5 cm³/mol. The normalized spacial score (nSPS) is 15.4. The fourth-order valence-corrected chi connectivity index (χ4v) is 2.72. The van der Waals surface area contributed by atoms with E-state index in [2.05, 4.69) is 26.3 Å². The largest absolute Gasteiger partial charge is 0.496 e. The van der Waals surface area contributed by atoms with Gasteiger partial charge in [0.05, 0.1) is 7.11 Å². The van der Waals surface area contributed by atoms with E-state index in [0.717, 1.165) is 61.8 Å². The minimum absolute atomic E-state index is 0.784. The molecule has 0 amide bonds. The van der Waals surface area contributed by atoms with Gasteiger partial charge in [0.25, 0.3) is 0 Å². The van der Waals surface area contributed by atoms with E-state index in [1.807, 2.05) is 30.6 Å². The lowest BCUT2D eigenvalue weighted by atomic mass is 10.1. The second-order valence-electron chi connectivity index (χ2n) is 5.47. The highest BCUT2D eigenvalue weighted by atomic mass is 16.5. The quantitative estimate of drug-likeness (QED) is 0.934. The van der Waals surface area contributed by atoms with Gasteiger partial charge in [-0.1, -0.05) is 18.2 Å². The summed E-state index contributed by atoms with van der Waals surface area (Å²) in [5.74, 6) is 1.73. The molecule has 1 saturated heterocycles. The maximum atomic E-state index is 5.39. The lowest BCUT2D eigenvalue weighted by Crippen LogP contribution is -2.29. The summed E-state index contributed by atoms with van der Waals surface area (Å²) >= 11 is 0. The molecule has 5 nitrogen and oxygen atoms in total. The van der Waals surface area contributed by atoms with Gasteiger partial charge in [-0.2, -0.15) is 0 Å². The summed E-state index contributed by atoms with van der Waals surface area (Å²) in [5.41, 5.74) is 2.25. The number of nitrogens with zero attached hydrogens (tertiary/aromatic N) is 3. The highest BCUT2D eigenvalue weighted by Crippen LogP contribution is 2.20. The van der Waals surface area contributed by atoms with E-state index in [-0.39, 0.29) is 0 Å². The van der Waals surface area contributed by atoms with E-state index in [1.54, 1.807) is 7.11 Å². The van der Waals surface area contributed by atoms with Crippen LogP contribution in [0.4, 0.5) is 5.95 Å². The van der Waals surface area contributed by atoms with E-state index >= 15 is 0 Å². The van der Waals surface area contributed by atoms with Gasteiger partial charge in [0.1, 0.15) is 5.75 Å². The number of nitrogens with one attached hydrogen (secondary N) is 1. The average Bonchev–Trinajstić information content (AvgIpc) is 2.85. The van der Waals surface area contributed by atoms with E-state index in [0.29, 0.717) is 0 Å². The fraction of sp³-hybridized carbons (Fsp3) is 0.412. The lowest BCUT2D eigenvalue weighted by Gasteiger charge is -2.19. The molecular formula is C17H22N4O. The van der Waals surface area contributed by atoms with Gasteiger partial charge in [-0.25, -0.2) is 9.97 Å². The second-order valence-corrected chi connectivity index (χ2v) is 5.47. The topological polar surface area (TPSA) is 50.3 Å². The minimum atomic E-state index is 0.784. The van der Waals surface area contributed by atoms with E-state index in [4.69, 9.17) is 4.74 Å². The molecule has 0 saturated carbocycles. The molecule has 0 aliphatic carbocycles. The van der Waals surface area contributed by atoms with Crippen molar-refractivity contribution in [3.63, 3.8) is 0 Å². The molecule has 1 aliphatic heterocycles. The smallest absolute Gasteiger partial charge is 0.225 e. The first-order valence-corrected chi connectivity index (χ1v) is 7.75. The molecule has 1 aromatic heterocycles. The summed E-state index contributed by atoms with van der Waals surface area (Å²) in [4.78, 5) is 11.3. The summed E-state index contributed by atoms with van der Waals surface area (Å²) in [6, 6.07) is 8.06. The number of methoxy groups -OCH3 is 1. The molecule has 2 aromatic rings. The molecule has 0 spiro atoms. The van der Waals surface area contributed by atoms with Gasteiger partial charge < -0.3 is 15.0 Å². The highest BCUT2D eigenvalue weighted by molar-refractivity contribution is 5.37. The third kappa shape index (κ3) is 3.54. The molecule has 1 aromatic carbocycles. The van der Waals surface area contributed by atoms with Gasteiger partial charge in [-0.3, -0.25) is 0 Å². The molecule has 0 atom stereocenters. The third-order valence-electron chi connectivity index (χ3n) is 3.90. The Bertz CT molecular complexity index is 592. The molecule has 22 heavy (non-hydrogen) atoms. The molecule has 2 heterocycles.